The number of ether oxygens (including phenoxy) is 1. The second kappa shape index (κ2) is 5.66. The second-order valence-corrected chi connectivity index (χ2v) is 4.09. The molecule has 0 fully saturated rings. The van der Waals surface area contributed by atoms with Crippen LogP contribution in [-0.4, -0.2) is 19.6 Å². The molecule has 0 saturated heterocycles. The first kappa shape index (κ1) is 12.7. The fraction of sp³-hybridized carbons (Fsp3) is 0.462. The number of carbonyl (C=O) groups excluding carboxylic acids is 1. The highest BCUT2D eigenvalue weighted by Gasteiger charge is 2.18. The lowest BCUT2D eigenvalue weighted by Crippen LogP contribution is -2.27. The Kier molecular flexibility index (Phi) is 4.50. The molecule has 0 amide bonds. The van der Waals surface area contributed by atoms with Crippen LogP contribution in [0.3, 0.4) is 0 Å². The van der Waals surface area contributed by atoms with Crippen molar-refractivity contribution in [3.63, 3.8) is 0 Å². The van der Waals surface area contributed by atoms with Gasteiger partial charge in [-0.3, -0.25) is 4.79 Å². The predicted octanol–water partition coefficient (Wildman–Crippen LogP) is 1.59. The molecular formula is C13H19NO2. The lowest BCUT2D eigenvalue weighted by atomic mass is 9.95. The first-order chi connectivity index (χ1) is 7.58. The maximum absolute atomic E-state index is 11.4. The number of nitrogens with two attached hydrogens (primary N) is 1. The third-order valence-electron chi connectivity index (χ3n) is 2.79. The van der Waals surface area contributed by atoms with Crippen molar-refractivity contribution in [2.24, 2.45) is 11.7 Å². The molecule has 0 radical (unpaired) electrons. The summed E-state index contributed by atoms with van der Waals surface area (Å²) in [5, 5.41) is 0. The van der Waals surface area contributed by atoms with E-state index in [-0.39, 0.29) is 11.9 Å². The number of esters is 1. The van der Waals surface area contributed by atoms with Crippen LogP contribution in [0.1, 0.15) is 16.7 Å². The van der Waals surface area contributed by atoms with E-state index >= 15 is 0 Å². The van der Waals surface area contributed by atoms with Gasteiger partial charge in [-0.05, 0) is 31.4 Å². The van der Waals surface area contributed by atoms with E-state index in [0.717, 1.165) is 0 Å². The summed E-state index contributed by atoms with van der Waals surface area (Å²) in [5.41, 5.74) is 9.14. The van der Waals surface area contributed by atoms with Gasteiger partial charge in [0.05, 0.1) is 13.0 Å². The minimum absolute atomic E-state index is 0.233. The first-order valence-corrected chi connectivity index (χ1v) is 5.42. The summed E-state index contributed by atoms with van der Waals surface area (Å²) in [6, 6.07) is 6.23. The van der Waals surface area contributed by atoms with Crippen molar-refractivity contribution < 1.29 is 9.53 Å². The van der Waals surface area contributed by atoms with Crippen LogP contribution < -0.4 is 5.73 Å². The highest BCUT2D eigenvalue weighted by Crippen LogP contribution is 2.15. The molecule has 0 heterocycles. The van der Waals surface area contributed by atoms with E-state index in [1.165, 1.54) is 23.8 Å². The van der Waals surface area contributed by atoms with Gasteiger partial charge in [-0.2, -0.15) is 0 Å². The molecule has 1 unspecified atom stereocenters. The van der Waals surface area contributed by atoms with Crippen molar-refractivity contribution in [3.8, 4) is 0 Å². The Morgan fingerprint density at radius 2 is 2.12 bits per heavy atom. The Balaban J connectivity index is 2.85. The fourth-order valence-electron chi connectivity index (χ4n) is 1.72. The van der Waals surface area contributed by atoms with E-state index in [4.69, 9.17) is 10.5 Å². The zero-order valence-corrected chi connectivity index (χ0v) is 10.1. The van der Waals surface area contributed by atoms with Gasteiger partial charge in [0.15, 0.2) is 0 Å². The Morgan fingerprint density at radius 3 is 2.69 bits per heavy atom. The van der Waals surface area contributed by atoms with Crippen LogP contribution in [-0.2, 0) is 16.0 Å². The Labute approximate surface area is 96.6 Å². The normalized spacial score (nSPS) is 12.2. The van der Waals surface area contributed by atoms with Crippen molar-refractivity contribution >= 4 is 5.97 Å². The van der Waals surface area contributed by atoms with Gasteiger partial charge >= 0.3 is 5.97 Å². The molecule has 3 nitrogen and oxygen atoms in total. The molecule has 1 atom stereocenters. The molecule has 0 aromatic heterocycles. The monoisotopic (exact) mass is 221 g/mol. The molecule has 0 aliphatic heterocycles. The van der Waals surface area contributed by atoms with E-state index in [1.54, 1.807) is 0 Å². The molecule has 16 heavy (non-hydrogen) atoms. The van der Waals surface area contributed by atoms with Gasteiger partial charge in [0.2, 0.25) is 0 Å². The SMILES string of the molecule is COC(=O)C(CN)Cc1cc(C)ccc1C. The number of rotatable bonds is 4. The molecule has 3 heteroatoms. The van der Waals surface area contributed by atoms with E-state index in [1.807, 2.05) is 13.8 Å². The third-order valence-corrected chi connectivity index (χ3v) is 2.79. The Hall–Kier alpha value is -1.35. The minimum atomic E-state index is -0.245. The molecule has 0 aliphatic carbocycles. The van der Waals surface area contributed by atoms with Gasteiger partial charge in [0.25, 0.3) is 0 Å². The smallest absolute Gasteiger partial charge is 0.310 e. The number of methoxy groups -OCH3 is 1. The van der Waals surface area contributed by atoms with Gasteiger partial charge in [0.1, 0.15) is 0 Å². The zero-order valence-electron chi connectivity index (χ0n) is 10.1. The van der Waals surface area contributed by atoms with E-state index in [2.05, 4.69) is 18.2 Å². The van der Waals surface area contributed by atoms with Gasteiger partial charge < -0.3 is 10.5 Å². The number of hydrogen-bond acceptors (Lipinski definition) is 3. The second-order valence-electron chi connectivity index (χ2n) is 4.09. The highest BCUT2D eigenvalue weighted by atomic mass is 16.5. The quantitative estimate of drug-likeness (QED) is 0.786. The number of carbonyl (C=O) groups is 1. The molecule has 0 saturated carbocycles. The van der Waals surface area contributed by atoms with Crippen LogP contribution in [0, 0.1) is 19.8 Å². The summed E-state index contributed by atoms with van der Waals surface area (Å²) < 4.78 is 4.73. The topological polar surface area (TPSA) is 52.3 Å². The van der Waals surface area contributed by atoms with Crippen LogP contribution in [0.5, 0.6) is 0 Å². The maximum atomic E-state index is 11.4. The maximum Gasteiger partial charge on any atom is 0.310 e. The minimum Gasteiger partial charge on any atom is -0.469 e. The molecule has 0 bridgehead atoms. The number of benzene rings is 1. The Bertz CT molecular complexity index is 374. The van der Waals surface area contributed by atoms with E-state index in [9.17, 15) is 4.79 Å². The van der Waals surface area contributed by atoms with Crippen molar-refractivity contribution in [2.75, 3.05) is 13.7 Å². The highest BCUT2D eigenvalue weighted by molar-refractivity contribution is 5.73. The molecule has 0 spiro atoms. The summed E-state index contributed by atoms with van der Waals surface area (Å²) in [4.78, 5) is 11.4. The summed E-state index contributed by atoms with van der Waals surface area (Å²) in [6.45, 7) is 4.40. The van der Waals surface area contributed by atoms with Crippen molar-refractivity contribution in [3.05, 3.63) is 34.9 Å². The fourth-order valence-corrected chi connectivity index (χ4v) is 1.72. The third kappa shape index (κ3) is 3.07. The Morgan fingerprint density at radius 1 is 1.44 bits per heavy atom. The summed E-state index contributed by atoms with van der Waals surface area (Å²) in [5.74, 6) is -0.478. The average molecular weight is 221 g/mol. The van der Waals surface area contributed by atoms with Crippen LogP contribution in [0.4, 0.5) is 0 Å². The molecule has 1 aromatic rings. The standard InChI is InChI=1S/C13H19NO2/c1-9-4-5-10(2)11(6-9)7-12(8-14)13(15)16-3/h4-6,12H,7-8,14H2,1-3H3. The van der Waals surface area contributed by atoms with Crippen LogP contribution >= 0.6 is 0 Å². The summed E-state index contributed by atoms with van der Waals surface area (Å²) in [6.07, 6.45) is 0.649. The number of aryl methyl sites for hydroxylation is 2. The van der Waals surface area contributed by atoms with Crippen LogP contribution in [0.15, 0.2) is 18.2 Å². The summed E-state index contributed by atoms with van der Waals surface area (Å²) in [7, 11) is 1.40. The van der Waals surface area contributed by atoms with Gasteiger partial charge in [-0.25, -0.2) is 0 Å². The largest absolute Gasteiger partial charge is 0.469 e. The summed E-state index contributed by atoms with van der Waals surface area (Å²) >= 11 is 0. The predicted molar refractivity (Wildman–Crippen MR) is 64.2 cm³/mol. The first-order valence-electron chi connectivity index (χ1n) is 5.42. The molecular weight excluding hydrogens is 202 g/mol. The number of hydrogen-bond donors (Lipinski definition) is 1. The van der Waals surface area contributed by atoms with Gasteiger partial charge in [-0.15, -0.1) is 0 Å². The van der Waals surface area contributed by atoms with Gasteiger partial charge in [0, 0.05) is 6.54 Å². The molecule has 0 aliphatic rings. The van der Waals surface area contributed by atoms with Crippen molar-refractivity contribution in [1.82, 2.24) is 0 Å². The molecule has 1 rings (SSSR count). The van der Waals surface area contributed by atoms with E-state index < -0.39 is 0 Å². The molecule has 1 aromatic carbocycles. The van der Waals surface area contributed by atoms with Crippen LogP contribution in [0.2, 0.25) is 0 Å². The molecule has 2 N–H and O–H groups in total. The van der Waals surface area contributed by atoms with Crippen molar-refractivity contribution in [1.29, 1.82) is 0 Å². The van der Waals surface area contributed by atoms with E-state index in [0.29, 0.717) is 13.0 Å². The zero-order chi connectivity index (χ0) is 12.1. The van der Waals surface area contributed by atoms with Crippen LogP contribution in [0.25, 0.3) is 0 Å². The molecule has 88 valence electrons. The lowest BCUT2D eigenvalue weighted by molar-refractivity contribution is -0.145. The van der Waals surface area contributed by atoms with Gasteiger partial charge in [-0.1, -0.05) is 23.8 Å². The average Bonchev–Trinajstić information content (AvgIpc) is 2.29. The lowest BCUT2D eigenvalue weighted by Gasteiger charge is -2.14. The van der Waals surface area contributed by atoms with Crippen molar-refractivity contribution in [2.45, 2.75) is 20.3 Å².